The van der Waals surface area contributed by atoms with Crippen LogP contribution in [0.15, 0.2) is 0 Å². The number of rotatable bonds is 9. The third kappa shape index (κ3) is 3.69. The van der Waals surface area contributed by atoms with Crippen LogP contribution in [0.5, 0.6) is 0 Å². The van der Waals surface area contributed by atoms with Crippen LogP contribution in [-0.4, -0.2) is 36.4 Å². The van der Waals surface area contributed by atoms with Crippen LogP contribution in [0.4, 0.5) is 0 Å². The summed E-state index contributed by atoms with van der Waals surface area (Å²) in [5.74, 6) is 0.326. The maximum atomic E-state index is 11.7. The average Bonchev–Trinajstić information content (AvgIpc) is 3.12. The Morgan fingerprint density at radius 3 is 2.84 bits per heavy atom. The summed E-state index contributed by atoms with van der Waals surface area (Å²) in [6.45, 7) is 4.44. The second-order valence-corrected chi connectivity index (χ2v) is 6.10. The third-order valence-electron chi connectivity index (χ3n) is 4.55. The standard InChI is InChI=1S/C15H27NO3/c1-2-9-16-15(14(17)18)8-3-4-13(15)7-10-19-11-12-5-6-12/h12-13,16H,2-11H2,1H3,(H,17,18). The highest BCUT2D eigenvalue weighted by molar-refractivity contribution is 5.79. The second-order valence-electron chi connectivity index (χ2n) is 6.10. The lowest BCUT2D eigenvalue weighted by atomic mass is 9.84. The van der Waals surface area contributed by atoms with E-state index in [1.165, 1.54) is 12.8 Å². The van der Waals surface area contributed by atoms with Gasteiger partial charge in [0.15, 0.2) is 0 Å². The summed E-state index contributed by atoms with van der Waals surface area (Å²) in [5, 5.41) is 12.9. The molecule has 4 heteroatoms. The van der Waals surface area contributed by atoms with Gasteiger partial charge in [0.05, 0.1) is 0 Å². The molecule has 0 aromatic rings. The van der Waals surface area contributed by atoms with Gasteiger partial charge in [-0.25, -0.2) is 0 Å². The zero-order valence-corrected chi connectivity index (χ0v) is 12.0. The maximum Gasteiger partial charge on any atom is 0.324 e. The molecule has 0 bridgehead atoms. The van der Waals surface area contributed by atoms with Crippen LogP contribution in [0.1, 0.15) is 51.9 Å². The van der Waals surface area contributed by atoms with E-state index in [2.05, 4.69) is 12.2 Å². The van der Waals surface area contributed by atoms with E-state index >= 15 is 0 Å². The van der Waals surface area contributed by atoms with E-state index in [1.807, 2.05) is 0 Å². The Bertz CT molecular complexity index is 304. The van der Waals surface area contributed by atoms with Gasteiger partial charge in [-0.3, -0.25) is 4.79 Å². The SMILES string of the molecule is CCCNC1(C(=O)O)CCCC1CCOCC1CC1. The molecule has 2 rings (SSSR count). The maximum absolute atomic E-state index is 11.7. The highest BCUT2D eigenvalue weighted by Crippen LogP contribution is 2.38. The molecule has 0 aromatic carbocycles. The Hall–Kier alpha value is -0.610. The summed E-state index contributed by atoms with van der Waals surface area (Å²) in [4.78, 5) is 11.7. The van der Waals surface area contributed by atoms with Gasteiger partial charge in [-0.2, -0.15) is 0 Å². The van der Waals surface area contributed by atoms with Crippen molar-refractivity contribution < 1.29 is 14.6 Å². The fourth-order valence-electron chi connectivity index (χ4n) is 3.17. The molecule has 0 spiro atoms. The van der Waals surface area contributed by atoms with Crippen molar-refractivity contribution in [2.45, 2.75) is 57.4 Å². The zero-order valence-electron chi connectivity index (χ0n) is 12.0. The second kappa shape index (κ2) is 6.71. The summed E-state index contributed by atoms with van der Waals surface area (Å²) in [5.41, 5.74) is -0.695. The van der Waals surface area contributed by atoms with E-state index in [9.17, 15) is 9.90 Å². The molecule has 2 N–H and O–H groups in total. The Morgan fingerprint density at radius 1 is 1.42 bits per heavy atom. The predicted molar refractivity (Wildman–Crippen MR) is 74.2 cm³/mol. The molecule has 0 radical (unpaired) electrons. The number of carboxylic acids is 1. The minimum atomic E-state index is -0.695. The fourth-order valence-corrected chi connectivity index (χ4v) is 3.17. The first kappa shape index (κ1) is 14.8. The van der Waals surface area contributed by atoms with Crippen LogP contribution >= 0.6 is 0 Å². The van der Waals surface area contributed by atoms with Crippen LogP contribution < -0.4 is 5.32 Å². The summed E-state index contributed by atoms with van der Waals surface area (Å²) >= 11 is 0. The van der Waals surface area contributed by atoms with Crippen molar-refractivity contribution in [3.8, 4) is 0 Å². The van der Waals surface area contributed by atoms with Crippen LogP contribution in [0, 0.1) is 11.8 Å². The summed E-state index contributed by atoms with van der Waals surface area (Å²) in [7, 11) is 0. The third-order valence-corrected chi connectivity index (χ3v) is 4.55. The minimum absolute atomic E-state index is 0.218. The first-order valence-corrected chi connectivity index (χ1v) is 7.75. The van der Waals surface area contributed by atoms with Crippen molar-refractivity contribution in [2.75, 3.05) is 19.8 Å². The molecule has 2 aliphatic carbocycles. The van der Waals surface area contributed by atoms with Gasteiger partial charge in [0.1, 0.15) is 5.54 Å². The average molecular weight is 269 g/mol. The predicted octanol–water partition coefficient (Wildman–Crippen LogP) is 2.43. The molecule has 19 heavy (non-hydrogen) atoms. The summed E-state index contributed by atoms with van der Waals surface area (Å²) in [6, 6.07) is 0. The van der Waals surface area contributed by atoms with E-state index in [0.29, 0.717) is 6.61 Å². The number of ether oxygens (including phenoxy) is 1. The van der Waals surface area contributed by atoms with Gasteiger partial charge in [-0.05, 0) is 56.9 Å². The smallest absolute Gasteiger partial charge is 0.324 e. The molecule has 2 fully saturated rings. The Balaban J connectivity index is 1.82. The quantitative estimate of drug-likeness (QED) is 0.631. The molecule has 0 aliphatic heterocycles. The Morgan fingerprint density at radius 2 is 2.21 bits per heavy atom. The van der Waals surface area contributed by atoms with Gasteiger partial charge in [-0.15, -0.1) is 0 Å². The molecule has 0 heterocycles. The van der Waals surface area contributed by atoms with E-state index in [1.54, 1.807) is 0 Å². The largest absolute Gasteiger partial charge is 0.480 e. The van der Waals surface area contributed by atoms with Crippen molar-refractivity contribution in [3.05, 3.63) is 0 Å². The van der Waals surface area contributed by atoms with E-state index in [4.69, 9.17) is 4.74 Å². The van der Waals surface area contributed by atoms with Crippen molar-refractivity contribution in [1.82, 2.24) is 5.32 Å². The molecule has 2 saturated carbocycles. The molecule has 0 amide bonds. The molecule has 0 saturated heterocycles. The topological polar surface area (TPSA) is 58.6 Å². The van der Waals surface area contributed by atoms with Gasteiger partial charge < -0.3 is 15.2 Å². The lowest BCUT2D eigenvalue weighted by Crippen LogP contribution is -2.55. The van der Waals surface area contributed by atoms with Crippen LogP contribution in [0.25, 0.3) is 0 Å². The lowest BCUT2D eigenvalue weighted by Gasteiger charge is -2.32. The zero-order chi connectivity index (χ0) is 13.7. The number of carbonyl (C=O) groups is 1. The molecular weight excluding hydrogens is 242 g/mol. The van der Waals surface area contributed by atoms with Crippen LogP contribution in [-0.2, 0) is 9.53 Å². The van der Waals surface area contributed by atoms with Gasteiger partial charge in [0.25, 0.3) is 0 Å². The normalized spacial score (nSPS) is 30.7. The molecule has 110 valence electrons. The Labute approximate surface area is 115 Å². The van der Waals surface area contributed by atoms with Crippen LogP contribution in [0.2, 0.25) is 0 Å². The first-order valence-electron chi connectivity index (χ1n) is 7.75. The number of hydrogen-bond donors (Lipinski definition) is 2. The molecule has 0 aromatic heterocycles. The summed E-state index contributed by atoms with van der Waals surface area (Å²) in [6.07, 6.45) is 7.23. The fraction of sp³-hybridized carbons (Fsp3) is 0.933. The monoisotopic (exact) mass is 269 g/mol. The van der Waals surface area contributed by atoms with Crippen molar-refractivity contribution in [3.63, 3.8) is 0 Å². The molecular formula is C15H27NO3. The van der Waals surface area contributed by atoms with Crippen molar-refractivity contribution >= 4 is 5.97 Å². The van der Waals surface area contributed by atoms with Gasteiger partial charge in [-0.1, -0.05) is 13.3 Å². The number of nitrogens with one attached hydrogen (secondary N) is 1. The van der Waals surface area contributed by atoms with Crippen molar-refractivity contribution in [2.24, 2.45) is 11.8 Å². The van der Waals surface area contributed by atoms with E-state index < -0.39 is 11.5 Å². The minimum Gasteiger partial charge on any atom is -0.480 e. The van der Waals surface area contributed by atoms with Gasteiger partial charge in [0, 0.05) is 13.2 Å². The Kier molecular flexibility index (Phi) is 5.22. The lowest BCUT2D eigenvalue weighted by molar-refractivity contribution is -0.147. The summed E-state index contributed by atoms with van der Waals surface area (Å²) < 4.78 is 5.68. The number of aliphatic carboxylic acids is 1. The van der Waals surface area contributed by atoms with E-state index in [-0.39, 0.29) is 5.92 Å². The number of carboxylic acid groups (broad SMARTS) is 1. The highest BCUT2D eigenvalue weighted by Gasteiger charge is 2.48. The molecule has 2 unspecified atom stereocenters. The van der Waals surface area contributed by atoms with Crippen molar-refractivity contribution in [1.29, 1.82) is 0 Å². The van der Waals surface area contributed by atoms with Gasteiger partial charge in [0.2, 0.25) is 0 Å². The molecule has 2 aliphatic rings. The van der Waals surface area contributed by atoms with Crippen LogP contribution in [0.3, 0.4) is 0 Å². The van der Waals surface area contributed by atoms with E-state index in [0.717, 1.165) is 51.2 Å². The highest BCUT2D eigenvalue weighted by atomic mass is 16.5. The molecule has 2 atom stereocenters. The molecule has 4 nitrogen and oxygen atoms in total. The first-order chi connectivity index (χ1) is 9.19. The van der Waals surface area contributed by atoms with Gasteiger partial charge >= 0.3 is 5.97 Å². The number of hydrogen-bond acceptors (Lipinski definition) is 3.